The van der Waals surface area contributed by atoms with E-state index in [2.05, 4.69) is 90.7 Å². The zero-order chi connectivity index (χ0) is 28.1. The lowest BCUT2D eigenvalue weighted by molar-refractivity contribution is 0.0935. The van der Waals surface area contributed by atoms with Crippen LogP contribution in [0, 0.1) is 0 Å². The van der Waals surface area contributed by atoms with Crippen molar-refractivity contribution in [3.8, 4) is 0 Å². The lowest BCUT2D eigenvalue weighted by Crippen LogP contribution is -2.27. The highest BCUT2D eigenvalue weighted by molar-refractivity contribution is 7.09. The van der Waals surface area contributed by atoms with Crippen molar-refractivity contribution in [1.82, 2.24) is 20.2 Å². The van der Waals surface area contributed by atoms with Gasteiger partial charge in [-0.25, -0.2) is 4.98 Å². The molecular weight excluding hydrogens is 512 g/mol. The first kappa shape index (κ1) is 27.8. The molecule has 2 heterocycles. The molecule has 206 valence electrons. The third kappa shape index (κ3) is 6.87. The molecule has 3 aromatic carbocycles. The fourth-order valence-electron chi connectivity index (χ4n) is 4.97. The standard InChI is InChI=1S/C34H38N4OS/c1-24(26-10-6-5-7-11-26)36-33(39)31-23-40-32(37-31)22-38(21-25-14-16-28(17-15-25)34(2,3)4)19-18-27-20-35-30-13-9-8-12-29(27)30/h5-17,20,23-24,35H,18-19,21-22H2,1-4H3,(H,36,39). The molecule has 0 aliphatic carbocycles. The number of thiazole rings is 1. The van der Waals surface area contributed by atoms with Crippen LogP contribution in [0.2, 0.25) is 0 Å². The molecule has 2 aromatic heterocycles. The van der Waals surface area contributed by atoms with Crippen molar-refractivity contribution in [1.29, 1.82) is 0 Å². The number of fused-ring (bicyclic) bond motifs is 1. The Morgan fingerprint density at radius 2 is 1.70 bits per heavy atom. The lowest BCUT2D eigenvalue weighted by atomic mass is 9.87. The summed E-state index contributed by atoms with van der Waals surface area (Å²) in [6.45, 7) is 11.1. The fraction of sp³-hybridized carbons (Fsp3) is 0.294. The molecule has 5 rings (SSSR count). The van der Waals surface area contributed by atoms with Gasteiger partial charge in [-0.05, 0) is 47.1 Å². The number of para-hydroxylation sites is 1. The predicted octanol–water partition coefficient (Wildman–Crippen LogP) is 7.66. The number of H-pyrrole nitrogens is 1. The van der Waals surface area contributed by atoms with E-state index < -0.39 is 0 Å². The quantitative estimate of drug-likeness (QED) is 0.188. The molecule has 0 aliphatic rings. The third-order valence-corrected chi connectivity index (χ3v) is 8.22. The van der Waals surface area contributed by atoms with Crippen LogP contribution in [0.4, 0.5) is 0 Å². The molecule has 6 heteroatoms. The molecule has 40 heavy (non-hydrogen) atoms. The van der Waals surface area contributed by atoms with Gasteiger partial charge in [0.05, 0.1) is 12.6 Å². The van der Waals surface area contributed by atoms with Crippen molar-refractivity contribution < 1.29 is 4.79 Å². The molecular formula is C34H38N4OS. The smallest absolute Gasteiger partial charge is 0.271 e. The van der Waals surface area contributed by atoms with E-state index in [-0.39, 0.29) is 17.4 Å². The second kappa shape index (κ2) is 12.2. The van der Waals surface area contributed by atoms with E-state index in [1.807, 2.05) is 42.6 Å². The summed E-state index contributed by atoms with van der Waals surface area (Å²) in [5.74, 6) is -0.137. The first-order valence-corrected chi connectivity index (χ1v) is 14.8. The molecule has 0 spiro atoms. The number of rotatable bonds is 10. The van der Waals surface area contributed by atoms with E-state index in [9.17, 15) is 4.79 Å². The number of aromatic amines is 1. The van der Waals surface area contributed by atoms with Crippen LogP contribution in [-0.4, -0.2) is 27.3 Å². The monoisotopic (exact) mass is 550 g/mol. The molecule has 5 nitrogen and oxygen atoms in total. The van der Waals surface area contributed by atoms with E-state index in [0.717, 1.165) is 30.1 Å². The van der Waals surface area contributed by atoms with Crippen LogP contribution in [0.3, 0.4) is 0 Å². The van der Waals surface area contributed by atoms with Gasteiger partial charge in [-0.3, -0.25) is 9.69 Å². The van der Waals surface area contributed by atoms with Gasteiger partial charge in [0.1, 0.15) is 10.7 Å². The van der Waals surface area contributed by atoms with Crippen LogP contribution in [0.25, 0.3) is 10.9 Å². The number of aromatic nitrogens is 2. The van der Waals surface area contributed by atoms with Gasteiger partial charge in [0.2, 0.25) is 0 Å². The summed E-state index contributed by atoms with van der Waals surface area (Å²) >= 11 is 1.55. The van der Waals surface area contributed by atoms with E-state index >= 15 is 0 Å². The average Bonchev–Trinajstić information content (AvgIpc) is 3.59. The molecule has 1 atom stereocenters. The first-order chi connectivity index (χ1) is 19.3. The number of hydrogen-bond acceptors (Lipinski definition) is 4. The number of nitrogens with one attached hydrogen (secondary N) is 2. The minimum atomic E-state index is -0.137. The SMILES string of the molecule is CC(NC(=O)c1csc(CN(CCc2c[nH]c3ccccc23)Cc2ccc(C(C)(C)C)cc2)n1)c1ccccc1. The largest absolute Gasteiger partial charge is 0.361 e. The zero-order valence-electron chi connectivity index (χ0n) is 23.8. The van der Waals surface area contributed by atoms with Gasteiger partial charge in [0.15, 0.2) is 0 Å². The van der Waals surface area contributed by atoms with Gasteiger partial charge in [0, 0.05) is 35.6 Å². The van der Waals surface area contributed by atoms with Gasteiger partial charge in [-0.15, -0.1) is 11.3 Å². The van der Waals surface area contributed by atoms with E-state index in [4.69, 9.17) is 4.98 Å². The van der Waals surface area contributed by atoms with Crippen LogP contribution in [0.15, 0.2) is 90.4 Å². The summed E-state index contributed by atoms with van der Waals surface area (Å²) in [5.41, 5.74) is 6.78. The van der Waals surface area contributed by atoms with Crippen LogP contribution >= 0.6 is 11.3 Å². The van der Waals surface area contributed by atoms with E-state index in [0.29, 0.717) is 12.2 Å². The first-order valence-electron chi connectivity index (χ1n) is 13.9. The van der Waals surface area contributed by atoms with Gasteiger partial charge >= 0.3 is 0 Å². The Balaban J connectivity index is 1.29. The lowest BCUT2D eigenvalue weighted by Gasteiger charge is -2.23. The van der Waals surface area contributed by atoms with Gasteiger partial charge < -0.3 is 10.3 Å². The van der Waals surface area contributed by atoms with Crippen molar-refractivity contribution in [2.24, 2.45) is 0 Å². The van der Waals surface area contributed by atoms with Crippen LogP contribution in [-0.2, 0) is 24.9 Å². The minimum Gasteiger partial charge on any atom is -0.361 e. The predicted molar refractivity (Wildman–Crippen MR) is 166 cm³/mol. The molecule has 2 N–H and O–H groups in total. The van der Waals surface area contributed by atoms with Crippen molar-refractivity contribution >= 4 is 28.1 Å². The highest BCUT2D eigenvalue weighted by Crippen LogP contribution is 2.24. The molecule has 0 saturated carbocycles. The van der Waals surface area contributed by atoms with E-state index in [1.165, 1.54) is 27.6 Å². The zero-order valence-corrected chi connectivity index (χ0v) is 24.6. The Morgan fingerprint density at radius 1 is 0.975 bits per heavy atom. The topological polar surface area (TPSA) is 61.0 Å². The maximum atomic E-state index is 13.0. The highest BCUT2D eigenvalue weighted by atomic mass is 32.1. The van der Waals surface area contributed by atoms with Crippen molar-refractivity contribution in [2.45, 2.75) is 58.7 Å². The summed E-state index contributed by atoms with van der Waals surface area (Å²) in [6, 6.07) is 27.3. The average molecular weight is 551 g/mol. The number of nitrogens with zero attached hydrogens (tertiary/aromatic N) is 2. The number of amides is 1. The number of benzene rings is 3. The Bertz CT molecular complexity index is 1550. The second-order valence-electron chi connectivity index (χ2n) is 11.5. The number of hydrogen-bond donors (Lipinski definition) is 2. The molecule has 5 aromatic rings. The fourth-order valence-corrected chi connectivity index (χ4v) is 5.79. The van der Waals surface area contributed by atoms with Crippen LogP contribution < -0.4 is 5.32 Å². The van der Waals surface area contributed by atoms with Crippen LogP contribution in [0.5, 0.6) is 0 Å². The summed E-state index contributed by atoms with van der Waals surface area (Å²) < 4.78 is 0. The molecule has 1 unspecified atom stereocenters. The van der Waals surface area contributed by atoms with Gasteiger partial charge in [-0.2, -0.15) is 0 Å². The Kier molecular flexibility index (Phi) is 8.48. The van der Waals surface area contributed by atoms with Gasteiger partial charge in [0.25, 0.3) is 5.91 Å². The summed E-state index contributed by atoms with van der Waals surface area (Å²) in [7, 11) is 0. The number of carbonyl (C=O) groups is 1. The minimum absolute atomic E-state index is 0.0809. The summed E-state index contributed by atoms with van der Waals surface area (Å²) in [4.78, 5) is 23.5. The van der Waals surface area contributed by atoms with Crippen molar-refractivity contribution in [3.63, 3.8) is 0 Å². The normalized spacial score (nSPS) is 12.6. The van der Waals surface area contributed by atoms with E-state index in [1.54, 1.807) is 11.3 Å². The Morgan fingerprint density at radius 3 is 2.45 bits per heavy atom. The van der Waals surface area contributed by atoms with Crippen LogP contribution in [0.1, 0.15) is 71.5 Å². The summed E-state index contributed by atoms with van der Waals surface area (Å²) in [5, 5.41) is 7.18. The summed E-state index contributed by atoms with van der Waals surface area (Å²) in [6.07, 6.45) is 3.05. The maximum Gasteiger partial charge on any atom is 0.271 e. The second-order valence-corrected chi connectivity index (χ2v) is 12.4. The highest BCUT2D eigenvalue weighted by Gasteiger charge is 2.18. The molecule has 1 amide bonds. The molecule has 0 fully saturated rings. The maximum absolute atomic E-state index is 13.0. The van der Waals surface area contributed by atoms with Gasteiger partial charge in [-0.1, -0.05) is 93.6 Å². The molecule has 0 aliphatic heterocycles. The molecule has 0 radical (unpaired) electrons. The van der Waals surface area contributed by atoms with Crippen molar-refractivity contribution in [2.75, 3.05) is 6.54 Å². The Labute approximate surface area is 241 Å². The number of carbonyl (C=O) groups excluding carboxylic acids is 1. The molecule has 0 bridgehead atoms. The molecule has 0 saturated heterocycles. The Hall–Kier alpha value is -3.74. The third-order valence-electron chi connectivity index (χ3n) is 7.39. The van der Waals surface area contributed by atoms with Crippen molar-refractivity contribution in [3.05, 3.63) is 123 Å².